The molecule has 0 radical (unpaired) electrons. The Morgan fingerprint density at radius 3 is 2.75 bits per heavy atom. The average molecular weight is 168 g/mol. The maximum Gasteiger partial charge on any atom is 0.317 e. The van der Waals surface area contributed by atoms with Gasteiger partial charge in [0.1, 0.15) is 0 Å². The fraction of sp³-hybridized carbons (Fsp3) is 0.667. The number of carbonyl (C=O) groups excluding carboxylic acids is 1. The van der Waals surface area contributed by atoms with E-state index in [1.165, 1.54) is 0 Å². The summed E-state index contributed by atoms with van der Waals surface area (Å²) in [6.45, 7) is 4.52. The highest BCUT2D eigenvalue weighted by Gasteiger charge is 2.08. The van der Waals surface area contributed by atoms with Gasteiger partial charge in [0, 0.05) is 26.1 Å². The molecule has 0 aromatic heterocycles. The van der Waals surface area contributed by atoms with E-state index < -0.39 is 0 Å². The molecule has 68 valence electrons. The van der Waals surface area contributed by atoms with Gasteiger partial charge in [-0.15, -0.1) is 12.3 Å². The van der Waals surface area contributed by atoms with Gasteiger partial charge < -0.3 is 10.2 Å². The highest BCUT2D eigenvalue weighted by molar-refractivity contribution is 5.74. The summed E-state index contributed by atoms with van der Waals surface area (Å²) >= 11 is 0. The number of urea groups is 1. The molecule has 0 aliphatic heterocycles. The number of amides is 2. The molecule has 0 aliphatic carbocycles. The van der Waals surface area contributed by atoms with E-state index in [4.69, 9.17) is 6.42 Å². The van der Waals surface area contributed by atoms with E-state index in [2.05, 4.69) is 11.2 Å². The summed E-state index contributed by atoms with van der Waals surface area (Å²) in [5.74, 6) is 2.50. The topological polar surface area (TPSA) is 32.3 Å². The summed E-state index contributed by atoms with van der Waals surface area (Å²) in [6.07, 6.45) is 5.67. The van der Waals surface area contributed by atoms with Gasteiger partial charge in [0.05, 0.1) is 0 Å². The maximum absolute atomic E-state index is 11.2. The SMILES string of the molecule is C#CCC(C)NC(=O)N(C)CC. The van der Waals surface area contributed by atoms with Crippen LogP contribution in [0.15, 0.2) is 0 Å². The van der Waals surface area contributed by atoms with Crippen molar-refractivity contribution < 1.29 is 4.79 Å². The van der Waals surface area contributed by atoms with Crippen LogP contribution in [0.5, 0.6) is 0 Å². The summed E-state index contributed by atoms with van der Waals surface area (Å²) in [7, 11) is 1.75. The second-order valence-corrected chi connectivity index (χ2v) is 2.77. The Kier molecular flexibility index (Phi) is 4.94. The third-order valence-corrected chi connectivity index (χ3v) is 1.61. The predicted molar refractivity (Wildman–Crippen MR) is 49.7 cm³/mol. The molecule has 1 unspecified atom stereocenters. The fourth-order valence-corrected chi connectivity index (χ4v) is 0.692. The summed E-state index contributed by atoms with van der Waals surface area (Å²) < 4.78 is 0. The first kappa shape index (κ1) is 10.8. The van der Waals surface area contributed by atoms with Crippen LogP contribution in [0.2, 0.25) is 0 Å². The van der Waals surface area contributed by atoms with Gasteiger partial charge in [-0.2, -0.15) is 0 Å². The van der Waals surface area contributed by atoms with E-state index >= 15 is 0 Å². The molecule has 0 bridgehead atoms. The molecule has 0 aromatic rings. The second kappa shape index (κ2) is 5.48. The molecule has 1 atom stereocenters. The molecule has 0 saturated heterocycles. The van der Waals surface area contributed by atoms with Crippen LogP contribution in [0, 0.1) is 12.3 Å². The third-order valence-electron chi connectivity index (χ3n) is 1.61. The van der Waals surface area contributed by atoms with E-state index in [-0.39, 0.29) is 12.1 Å². The van der Waals surface area contributed by atoms with Crippen molar-refractivity contribution >= 4 is 6.03 Å². The number of rotatable bonds is 3. The number of hydrogen-bond acceptors (Lipinski definition) is 1. The average Bonchev–Trinajstić information content (AvgIpc) is 2.03. The van der Waals surface area contributed by atoms with E-state index in [0.717, 1.165) is 0 Å². The molecule has 12 heavy (non-hydrogen) atoms. The van der Waals surface area contributed by atoms with E-state index in [9.17, 15) is 4.79 Å². The first-order chi connectivity index (χ1) is 5.61. The van der Waals surface area contributed by atoms with Crippen LogP contribution in [0.25, 0.3) is 0 Å². The van der Waals surface area contributed by atoms with Crippen LogP contribution < -0.4 is 5.32 Å². The Morgan fingerprint density at radius 2 is 2.33 bits per heavy atom. The van der Waals surface area contributed by atoms with Gasteiger partial charge >= 0.3 is 6.03 Å². The molecule has 0 heterocycles. The van der Waals surface area contributed by atoms with E-state index in [1.807, 2.05) is 13.8 Å². The zero-order valence-electron chi connectivity index (χ0n) is 7.92. The molecule has 0 rings (SSSR count). The predicted octanol–water partition coefficient (Wildman–Crippen LogP) is 1.06. The van der Waals surface area contributed by atoms with Crippen LogP contribution in [0.4, 0.5) is 4.79 Å². The van der Waals surface area contributed by atoms with E-state index in [0.29, 0.717) is 13.0 Å². The third kappa shape index (κ3) is 3.87. The van der Waals surface area contributed by atoms with Crippen molar-refractivity contribution in [2.24, 2.45) is 0 Å². The lowest BCUT2D eigenvalue weighted by molar-refractivity contribution is 0.208. The van der Waals surface area contributed by atoms with Crippen molar-refractivity contribution in [3.05, 3.63) is 0 Å². The Bertz CT molecular complexity index is 183. The fourth-order valence-electron chi connectivity index (χ4n) is 0.692. The molecule has 2 amide bonds. The van der Waals surface area contributed by atoms with Crippen molar-refractivity contribution in [2.75, 3.05) is 13.6 Å². The number of nitrogens with one attached hydrogen (secondary N) is 1. The highest BCUT2D eigenvalue weighted by atomic mass is 16.2. The van der Waals surface area contributed by atoms with Crippen LogP contribution in [-0.4, -0.2) is 30.6 Å². The van der Waals surface area contributed by atoms with Crippen molar-refractivity contribution in [1.29, 1.82) is 0 Å². The summed E-state index contributed by atoms with van der Waals surface area (Å²) in [5, 5.41) is 2.78. The molecule has 0 aromatic carbocycles. The molecule has 0 aliphatic rings. The quantitative estimate of drug-likeness (QED) is 0.628. The van der Waals surface area contributed by atoms with Crippen LogP contribution in [-0.2, 0) is 0 Å². The van der Waals surface area contributed by atoms with Crippen molar-refractivity contribution in [3.8, 4) is 12.3 Å². The lowest BCUT2D eigenvalue weighted by Gasteiger charge is -2.18. The van der Waals surface area contributed by atoms with Crippen molar-refractivity contribution in [1.82, 2.24) is 10.2 Å². The molecule has 3 heteroatoms. The van der Waals surface area contributed by atoms with Gasteiger partial charge in [-0.25, -0.2) is 4.79 Å². The Hall–Kier alpha value is -1.17. The minimum absolute atomic E-state index is 0.0523. The van der Waals surface area contributed by atoms with Crippen LogP contribution in [0.1, 0.15) is 20.3 Å². The van der Waals surface area contributed by atoms with Gasteiger partial charge in [0.2, 0.25) is 0 Å². The molecule has 0 fully saturated rings. The largest absolute Gasteiger partial charge is 0.335 e. The van der Waals surface area contributed by atoms with Crippen molar-refractivity contribution in [2.45, 2.75) is 26.3 Å². The number of nitrogens with zero attached hydrogens (tertiary/aromatic N) is 1. The molecule has 1 N–H and O–H groups in total. The standard InChI is InChI=1S/C9H16N2O/c1-5-7-8(3)10-9(12)11(4)6-2/h1,8H,6-7H2,2-4H3,(H,10,12). The van der Waals surface area contributed by atoms with Gasteiger partial charge in [0.25, 0.3) is 0 Å². The van der Waals surface area contributed by atoms with Crippen LogP contribution in [0.3, 0.4) is 0 Å². The minimum atomic E-state index is -0.0692. The van der Waals surface area contributed by atoms with Gasteiger partial charge in [-0.3, -0.25) is 0 Å². The Morgan fingerprint density at radius 1 is 1.75 bits per heavy atom. The number of hydrogen-bond donors (Lipinski definition) is 1. The zero-order valence-corrected chi connectivity index (χ0v) is 7.92. The van der Waals surface area contributed by atoms with Gasteiger partial charge in [-0.05, 0) is 13.8 Å². The molecular weight excluding hydrogens is 152 g/mol. The summed E-state index contributed by atoms with van der Waals surface area (Å²) in [4.78, 5) is 12.8. The molecule has 0 saturated carbocycles. The Balaban J connectivity index is 3.77. The van der Waals surface area contributed by atoms with Gasteiger partial charge in [0.15, 0.2) is 0 Å². The smallest absolute Gasteiger partial charge is 0.317 e. The highest BCUT2D eigenvalue weighted by Crippen LogP contribution is 1.90. The number of carbonyl (C=O) groups is 1. The first-order valence-electron chi connectivity index (χ1n) is 4.06. The second-order valence-electron chi connectivity index (χ2n) is 2.77. The maximum atomic E-state index is 11.2. The zero-order chi connectivity index (χ0) is 9.56. The van der Waals surface area contributed by atoms with Gasteiger partial charge in [-0.1, -0.05) is 0 Å². The minimum Gasteiger partial charge on any atom is -0.335 e. The molecule has 3 nitrogen and oxygen atoms in total. The first-order valence-corrected chi connectivity index (χ1v) is 4.06. The molecular formula is C9H16N2O. The lowest BCUT2D eigenvalue weighted by Crippen LogP contribution is -2.41. The van der Waals surface area contributed by atoms with Crippen molar-refractivity contribution in [3.63, 3.8) is 0 Å². The summed E-state index contributed by atoms with van der Waals surface area (Å²) in [6, 6.07) is -0.0169. The lowest BCUT2D eigenvalue weighted by atomic mass is 10.2. The molecule has 0 spiro atoms. The Labute approximate surface area is 74.1 Å². The monoisotopic (exact) mass is 168 g/mol. The van der Waals surface area contributed by atoms with E-state index in [1.54, 1.807) is 11.9 Å². The summed E-state index contributed by atoms with van der Waals surface area (Å²) in [5.41, 5.74) is 0. The normalized spacial score (nSPS) is 11.5. The number of terminal acetylenes is 1. The van der Waals surface area contributed by atoms with Crippen LogP contribution >= 0.6 is 0 Å².